The van der Waals surface area contributed by atoms with Gasteiger partial charge in [-0.05, 0) is 34.4 Å². The molecule has 0 saturated carbocycles. The lowest BCUT2D eigenvalue weighted by Gasteiger charge is -2.13. The monoisotopic (exact) mass is 555 g/mol. The summed E-state index contributed by atoms with van der Waals surface area (Å²) >= 11 is 6.52. The molecule has 5 rings (SSSR count). The van der Waals surface area contributed by atoms with Crippen LogP contribution in [0.3, 0.4) is 0 Å². The fourth-order valence-electron chi connectivity index (χ4n) is 4.63. The Morgan fingerprint density at radius 2 is 1.85 bits per heavy atom. The number of H-pyrrole nitrogens is 1. The van der Waals surface area contributed by atoms with E-state index in [0.717, 1.165) is 35.1 Å². The number of halogens is 1. The molecule has 0 atom stereocenters. The maximum absolute atomic E-state index is 13.7. The van der Waals surface area contributed by atoms with Gasteiger partial charge in [0.25, 0.3) is 11.5 Å². The fraction of sp³-hybridized carbons (Fsp3) is 0.207. The Morgan fingerprint density at radius 3 is 2.52 bits per heavy atom. The number of pyridine rings is 1. The summed E-state index contributed by atoms with van der Waals surface area (Å²) in [6.07, 6.45) is 3.01. The summed E-state index contributed by atoms with van der Waals surface area (Å²) in [6, 6.07) is 18.5. The highest BCUT2D eigenvalue weighted by Crippen LogP contribution is 2.30. The molecule has 0 spiro atoms. The number of rotatable bonds is 10. The minimum atomic E-state index is -0.554. The van der Waals surface area contributed by atoms with Crippen LogP contribution in [0.1, 0.15) is 63.4 Å². The first-order valence-electron chi connectivity index (χ1n) is 12.8. The molecule has 2 aromatic carbocycles. The molecule has 0 aliphatic carbocycles. The van der Waals surface area contributed by atoms with Crippen molar-refractivity contribution in [3.05, 3.63) is 105 Å². The third kappa shape index (κ3) is 5.13. The van der Waals surface area contributed by atoms with E-state index in [2.05, 4.69) is 32.5 Å². The number of nitrogens with one attached hydrogen (secondary N) is 1. The van der Waals surface area contributed by atoms with E-state index in [-0.39, 0.29) is 27.8 Å². The molecule has 3 aromatic heterocycles. The van der Waals surface area contributed by atoms with Crippen molar-refractivity contribution in [3.8, 4) is 22.5 Å². The van der Waals surface area contributed by atoms with E-state index in [1.807, 2.05) is 48.5 Å². The summed E-state index contributed by atoms with van der Waals surface area (Å²) in [4.78, 5) is 29.4. The van der Waals surface area contributed by atoms with Crippen LogP contribution in [-0.2, 0) is 13.0 Å². The van der Waals surface area contributed by atoms with Crippen molar-refractivity contribution in [1.29, 1.82) is 0 Å². The number of unbranched alkanes of at least 4 members (excludes halogenated alkanes) is 1. The normalized spacial score (nSPS) is 11.1. The lowest BCUT2D eigenvalue weighted by molar-refractivity contribution is -0.614. The third-order valence-electron chi connectivity index (χ3n) is 6.81. The van der Waals surface area contributed by atoms with Crippen LogP contribution in [-0.4, -0.2) is 42.2 Å². The van der Waals surface area contributed by atoms with Crippen molar-refractivity contribution in [2.45, 2.75) is 39.7 Å². The molecule has 5 aromatic rings. The van der Waals surface area contributed by atoms with Crippen molar-refractivity contribution in [1.82, 2.24) is 30.2 Å². The Morgan fingerprint density at radius 1 is 1.10 bits per heavy atom. The van der Waals surface area contributed by atoms with Gasteiger partial charge >= 0.3 is 0 Å². The number of hydrogen-bond donors (Lipinski definition) is 1. The van der Waals surface area contributed by atoms with Gasteiger partial charge in [0.05, 0.1) is 5.56 Å². The summed E-state index contributed by atoms with van der Waals surface area (Å²) in [6.45, 7) is 3.90. The van der Waals surface area contributed by atoms with E-state index in [1.54, 1.807) is 4.57 Å². The molecule has 0 aliphatic heterocycles. The summed E-state index contributed by atoms with van der Waals surface area (Å²) in [7, 11) is 0. The van der Waals surface area contributed by atoms with Gasteiger partial charge in [-0.1, -0.05) is 73.5 Å². The van der Waals surface area contributed by atoms with Crippen LogP contribution in [0.15, 0.2) is 60.7 Å². The van der Waals surface area contributed by atoms with Crippen molar-refractivity contribution in [2.75, 3.05) is 0 Å². The van der Waals surface area contributed by atoms with E-state index in [0.29, 0.717) is 35.6 Å². The number of benzene rings is 2. The number of nitrogens with zero attached hydrogens (tertiary/aromatic N) is 6. The second-order valence-electron chi connectivity index (χ2n) is 9.34. The summed E-state index contributed by atoms with van der Waals surface area (Å²) < 4.78 is 2.26. The van der Waals surface area contributed by atoms with E-state index >= 15 is 0 Å². The first-order chi connectivity index (χ1) is 19.4. The van der Waals surface area contributed by atoms with Gasteiger partial charge < -0.3 is 9.77 Å². The molecule has 0 aliphatic rings. The van der Waals surface area contributed by atoms with Gasteiger partial charge in [0.15, 0.2) is 11.4 Å². The average molecular weight is 556 g/mol. The Hall–Kier alpha value is -4.70. The Labute approximate surface area is 235 Å². The highest BCUT2D eigenvalue weighted by atomic mass is 35.5. The number of imidazole rings is 1. The van der Waals surface area contributed by atoms with Gasteiger partial charge in [-0.3, -0.25) is 9.59 Å². The molecule has 10 nitrogen and oxygen atoms in total. The average Bonchev–Trinajstić information content (AvgIpc) is 3.61. The van der Waals surface area contributed by atoms with Crippen LogP contribution in [0.2, 0.25) is 5.15 Å². The van der Waals surface area contributed by atoms with Crippen LogP contribution in [0.25, 0.3) is 22.5 Å². The number of aromatic amines is 1. The van der Waals surface area contributed by atoms with Gasteiger partial charge in [-0.15, -0.1) is 10.2 Å². The maximum Gasteiger partial charge on any atom is 0.277 e. The molecule has 1 N–H and O–H groups in total. The van der Waals surface area contributed by atoms with Crippen LogP contribution in [0, 0.1) is 12.1 Å². The van der Waals surface area contributed by atoms with E-state index in [9.17, 15) is 14.8 Å². The number of tetrazole rings is 1. The summed E-state index contributed by atoms with van der Waals surface area (Å²) in [5, 5.41) is 27.3. The van der Waals surface area contributed by atoms with Crippen LogP contribution >= 0.6 is 11.6 Å². The molecule has 0 radical (unpaired) electrons. The fourth-order valence-corrected chi connectivity index (χ4v) is 4.91. The summed E-state index contributed by atoms with van der Waals surface area (Å²) in [5.74, 6) is 0.616. The first-order valence-corrected chi connectivity index (χ1v) is 13.2. The molecule has 11 heteroatoms. The van der Waals surface area contributed by atoms with Gasteiger partial charge in [0.2, 0.25) is 11.5 Å². The molecule has 0 bridgehead atoms. The van der Waals surface area contributed by atoms with Gasteiger partial charge in [-0.2, -0.15) is 9.94 Å². The van der Waals surface area contributed by atoms with Crippen LogP contribution < -0.4 is 4.73 Å². The Balaban J connectivity index is 1.51. The van der Waals surface area contributed by atoms with Crippen molar-refractivity contribution < 1.29 is 14.3 Å². The van der Waals surface area contributed by atoms with Crippen LogP contribution in [0.5, 0.6) is 0 Å². The lowest BCUT2D eigenvalue weighted by Crippen LogP contribution is -2.39. The number of hydrogen-bond acceptors (Lipinski definition) is 7. The molecule has 0 saturated heterocycles. The number of aryl methyl sites for hydroxylation is 1. The predicted octanol–water partition coefficient (Wildman–Crippen LogP) is 4.76. The largest absolute Gasteiger partial charge is 0.618 e. The van der Waals surface area contributed by atoms with E-state index < -0.39 is 5.78 Å². The van der Waals surface area contributed by atoms with Gasteiger partial charge in [-0.25, -0.2) is 4.98 Å². The smallest absolute Gasteiger partial charge is 0.277 e. The zero-order valence-corrected chi connectivity index (χ0v) is 22.7. The number of carbonyl (C=O) groups excluding carboxylic acids is 2. The Bertz CT molecular complexity index is 1680. The quantitative estimate of drug-likeness (QED) is 0.114. The molecule has 0 amide bonds. The molecule has 40 heavy (non-hydrogen) atoms. The van der Waals surface area contributed by atoms with Crippen LogP contribution in [0.4, 0.5) is 0 Å². The SMILES string of the molecule is CCCCc1nc(Cl)c(C(=O)c2ccc(C=O)c(C)[n+]2[O-])n1Cc1ccc(-c2ccccc2-c2nn[nH]n2)cc1. The summed E-state index contributed by atoms with van der Waals surface area (Å²) in [5.41, 5.74) is 4.07. The maximum atomic E-state index is 13.7. The zero-order chi connectivity index (χ0) is 28.2. The number of aromatic nitrogens is 7. The zero-order valence-electron chi connectivity index (χ0n) is 22.0. The second kappa shape index (κ2) is 11.6. The number of aldehydes is 1. The van der Waals surface area contributed by atoms with Crippen molar-refractivity contribution in [3.63, 3.8) is 0 Å². The number of ketones is 1. The minimum Gasteiger partial charge on any atom is -0.618 e. The molecule has 3 heterocycles. The molecular weight excluding hydrogens is 530 g/mol. The standard InChI is InChI=1S/C29H26ClN7O3/c1-3-4-9-25-31-28(30)26(27(39)24-15-14-21(17-38)18(2)37(24)40)36(25)16-19-10-12-20(13-11-19)22-7-5-6-8-23(22)29-32-34-35-33-29/h5-8,10-15,17H,3-4,9,16H2,1-2H3,(H,32,33,34,35). The predicted molar refractivity (Wildman–Crippen MR) is 149 cm³/mol. The third-order valence-corrected chi connectivity index (χ3v) is 7.08. The molecule has 0 unspecified atom stereocenters. The van der Waals surface area contributed by atoms with E-state index in [1.165, 1.54) is 19.1 Å². The van der Waals surface area contributed by atoms with E-state index in [4.69, 9.17) is 11.6 Å². The first kappa shape index (κ1) is 26.9. The number of carbonyl (C=O) groups is 2. The van der Waals surface area contributed by atoms with Crippen molar-refractivity contribution in [2.24, 2.45) is 0 Å². The lowest BCUT2D eigenvalue weighted by atomic mass is 9.98. The second-order valence-corrected chi connectivity index (χ2v) is 9.69. The molecule has 202 valence electrons. The highest BCUT2D eigenvalue weighted by Gasteiger charge is 2.29. The molecular formula is C29H26ClN7O3. The highest BCUT2D eigenvalue weighted by molar-refractivity contribution is 6.33. The minimum absolute atomic E-state index is 0.0406. The van der Waals surface area contributed by atoms with Gasteiger partial charge in [0.1, 0.15) is 11.5 Å². The Kier molecular flexibility index (Phi) is 7.79. The topological polar surface area (TPSA) is 133 Å². The van der Waals surface area contributed by atoms with Gasteiger partial charge in [0, 0.05) is 31.5 Å². The van der Waals surface area contributed by atoms with Crippen molar-refractivity contribution >= 4 is 23.7 Å². The molecule has 0 fully saturated rings.